The molecule has 1 N–H and O–H groups in total. The molecule has 2 heterocycles. The number of methoxy groups -OCH3 is 2. The average Bonchev–Trinajstić information content (AvgIpc) is 3.27. The Hall–Kier alpha value is -3.86. The van der Waals surface area contributed by atoms with Gasteiger partial charge in [0.1, 0.15) is 5.69 Å². The molecule has 5 nitrogen and oxygen atoms in total. The quantitative estimate of drug-likeness (QED) is 0.501. The average molecular weight is 409 g/mol. The van der Waals surface area contributed by atoms with Crippen LogP contribution in [0.15, 0.2) is 79.0 Å². The summed E-state index contributed by atoms with van der Waals surface area (Å²) in [6, 6.07) is 22.6. The van der Waals surface area contributed by atoms with E-state index >= 15 is 0 Å². The topological polar surface area (TPSA) is 60.0 Å². The fourth-order valence-corrected chi connectivity index (χ4v) is 4.37. The summed E-state index contributed by atoms with van der Waals surface area (Å²) in [5.74, 6) is 1.43. The van der Waals surface area contributed by atoms with Gasteiger partial charge in [0.25, 0.3) is 0 Å². The van der Waals surface area contributed by atoms with E-state index in [0.29, 0.717) is 11.5 Å². The monoisotopic (exact) mass is 409 g/mol. The van der Waals surface area contributed by atoms with Gasteiger partial charge < -0.3 is 9.47 Å². The van der Waals surface area contributed by atoms with Gasteiger partial charge in [0, 0.05) is 29.3 Å². The molecule has 0 aliphatic heterocycles. The minimum absolute atomic E-state index is 0.359. The Morgan fingerprint density at radius 1 is 0.871 bits per heavy atom. The molecular weight excluding hydrogens is 386 g/mol. The normalized spacial score (nSPS) is 17.2. The van der Waals surface area contributed by atoms with Crippen LogP contribution in [-0.4, -0.2) is 29.4 Å². The summed E-state index contributed by atoms with van der Waals surface area (Å²) in [5, 5.41) is 7.87. The molecule has 31 heavy (non-hydrogen) atoms. The molecule has 5 heteroatoms. The Kier molecular flexibility index (Phi) is 4.79. The van der Waals surface area contributed by atoms with Crippen LogP contribution >= 0.6 is 0 Å². The van der Waals surface area contributed by atoms with Crippen molar-refractivity contribution in [1.29, 1.82) is 0 Å². The molecule has 0 fully saturated rings. The van der Waals surface area contributed by atoms with Gasteiger partial charge in [-0.15, -0.1) is 0 Å². The number of nitrogens with zero attached hydrogens (tertiary/aromatic N) is 2. The Morgan fingerprint density at radius 2 is 1.68 bits per heavy atom. The third-order valence-corrected chi connectivity index (χ3v) is 5.97. The molecule has 0 bridgehead atoms. The predicted molar refractivity (Wildman–Crippen MR) is 121 cm³/mol. The summed E-state index contributed by atoms with van der Waals surface area (Å²) in [5.41, 5.74) is 5.89. The van der Waals surface area contributed by atoms with Gasteiger partial charge in [-0.25, -0.2) is 0 Å². The number of aromatic nitrogens is 3. The summed E-state index contributed by atoms with van der Waals surface area (Å²) in [4.78, 5) is 4.48. The summed E-state index contributed by atoms with van der Waals surface area (Å²) in [6.07, 6.45) is 6.98. The van der Waals surface area contributed by atoms with Gasteiger partial charge in [-0.05, 0) is 35.4 Å². The van der Waals surface area contributed by atoms with E-state index in [9.17, 15) is 0 Å². The van der Waals surface area contributed by atoms with E-state index in [0.717, 1.165) is 34.6 Å². The van der Waals surface area contributed by atoms with Crippen LogP contribution in [0.5, 0.6) is 11.5 Å². The largest absolute Gasteiger partial charge is 0.493 e. The highest BCUT2D eigenvalue weighted by atomic mass is 16.5. The molecule has 0 saturated carbocycles. The van der Waals surface area contributed by atoms with Crippen molar-refractivity contribution in [1.82, 2.24) is 15.2 Å². The van der Waals surface area contributed by atoms with E-state index in [-0.39, 0.29) is 5.41 Å². The SMILES string of the molecule is COc1ccc(C2(c3ccccc3)C=Cc3c(-c4ccccn4)n[nH]c3C2)cc1OC. The van der Waals surface area contributed by atoms with E-state index in [4.69, 9.17) is 9.47 Å². The van der Waals surface area contributed by atoms with Crippen LogP contribution in [0.3, 0.4) is 0 Å². The van der Waals surface area contributed by atoms with Gasteiger partial charge in [-0.1, -0.05) is 54.6 Å². The molecule has 0 spiro atoms. The maximum absolute atomic E-state index is 5.60. The van der Waals surface area contributed by atoms with Gasteiger partial charge in [-0.2, -0.15) is 5.10 Å². The number of aromatic amines is 1. The van der Waals surface area contributed by atoms with E-state index in [1.807, 2.05) is 30.3 Å². The van der Waals surface area contributed by atoms with Gasteiger partial charge in [0.2, 0.25) is 0 Å². The molecule has 154 valence electrons. The van der Waals surface area contributed by atoms with Crippen molar-refractivity contribution in [3.05, 3.63) is 101 Å². The molecule has 0 radical (unpaired) electrons. The van der Waals surface area contributed by atoms with E-state index in [2.05, 4.69) is 63.7 Å². The molecule has 1 atom stereocenters. The van der Waals surface area contributed by atoms with Crippen molar-refractivity contribution in [3.63, 3.8) is 0 Å². The number of H-pyrrole nitrogens is 1. The molecule has 1 aliphatic rings. The van der Waals surface area contributed by atoms with Gasteiger partial charge in [0.15, 0.2) is 11.5 Å². The van der Waals surface area contributed by atoms with Crippen molar-refractivity contribution < 1.29 is 9.47 Å². The maximum Gasteiger partial charge on any atom is 0.161 e. The number of nitrogens with one attached hydrogen (secondary N) is 1. The maximum atomic E-state index is 5.60. The fraction of sp³-hybridized carbons (Fsp3) is 0.154. The highest BCUT2D eigenvalue weighted by Crippen LogP contribution is 2.44. The van der Waals surface area contributed by atoms with Crippen molar-refractivity contribution in [2.75, 3.05) is 14.2 Å². The van der Waals surface area contributed by atoms with E-state index in [1.54, 1.807) is 20.4 Å². The van der Waals surface area contributed by atoms with Crippen LogP contribution in [0.1, 0.15) is 22.4 Å². The van der Waals surface area contributed by atoms with Crippen molar-refractivity contribution >= 4 is 6.08 Å². The summed E-state index contributed by atoms with van der Waals surface area (Å²) in [6.45, 7) is 0. The Bertz CT molecular complexity index is 1230. The molecule has 4 aromatic rings. The molecule has 2 aromatic carbocycles. The zero-order valence-corrected chi connectivity index (χ0v) is 17.5. The van der Waals surface area contributed by atoms with Gasteiger partial charge >= 0.3 is 0 Å². The second-order valence-corrected chi connectivity index (χ2v) is 7.60. The first kappa shape index (κ1) is 19.1. The summed E-state index contributed by atoms with van der Waals surface area (Å²) in [7, 11) is 3.32. The molecule has 0 amide bonds. The first-order valence-electron chi connectivity index (χ1n) is 10.2. The number of fused-ring (bicyclic) bond motifs is 1. The molecular formula is C26H23N3O2. The summed E-state index contributed by atoms with van der Waals surface area (Å²) >= 11 is 0. The standard InChI is InChI=1S/C26H23N3O2/c1-30-23-12-11-19(16-24(23)31-2)26(18-8-4-3-5-9-18)14-13-20-22(17-26)28-29-25(20)21-10-6-7-15-27-21/h3-16H,17H2,1-2H3,(H,28,29). The van der Waals surface area contributed by atoms with Crippen molar-refractivity contribution in [3.8, 4) is 22.9 Å². The van der Waals surface area contributed by atoms with Crippen LogP contribution in [0.2, 0.25) is 0 Å². The third kappa shape index (κ3) is 3.19. The Morgan fingerprint density at radius 3 is 2.42 bits per heavy atom. The van der Waals surface area contributed by atoms with E-state index in [1.165, 1.54) is 5.56 Å². The number of rotatable bonds is 5. The second-order valence-electron chi connectivity index (χ2n) is 7.60. The minimum Gasteiger partial charge on any atom is -0.493 e. The lowest BCUT2D eigenvalue weighted by atomic mass is 9.68. The zero-order valence-electron chi connectivity index (χ0n) is 17.5. The predicted octanol–water partition coefficient (Wildman–Crippen LogP) is 5.04. The molecule has 2 aromatic heterocycles. The number of hydrogen-bond donors (Lipinski definition) is 1. The van der Waals surface area contributed by atoms with Crippen LogP contribution in [-0.2, 0) is 11.8 Å². The number of pyridine rings is 1. The van der Waals surface area contributed by atoms with Crippen LogP contribution in [0.25, 0.3) is 17.5 Å². The molecule has 1 aliphatic carbocycles. The number of hydrogen-bond acceptors (Lipinski definition) is 4. The fourth-order valence-electron chi connectivity index (χ4n) is 4.37. The first-order valence-corrected chi connectivity index (χ1v) is 10.2. The number of ether oxygens (including phenoxy) is 2. The Labute approximate surface area is 181 Å². The van der Waals surface area contributed by atoms with Crippen LogP contribution < -0.4 is 9.47 Å². The summed E-state index contributed by atoms with van der Waals surface area (Å²) < 4.78 is 11.1. The lowest BCUT2D eigenvalue weighted by molar-refractivity contribution is 0.354. The van der Waals surface area contributed by atoms with Crippen molar-refractivity contribution in [2.24, 2.45) is 0 Å². The van der Waals surface area contributed by atoms with Gasteiger partial charge in [-0.3, -0.25) is 10.1 Å². The molecule has 1 unspecified atom stereocenters. The smallest absolute Gasteiger partial charge is 0.161 e. The second kappa shape index (κ2) is 7.76. The lowest BCUT2D eigenvalue weighted by Gasteiger charge is -2.35. The van der Waals surface area contributed by atoms with Gasteiger partial charge in [0.05, 0.1) is 19.9 Å². The van der Waals surface area contributed by atoms with Crippen molar-refractivity contribution in [2.45, 2.75) is 11.8 Å². The highest BCUT2D eigenvalue weighted by Gasteiger charge is 2.37. The lowest BCUT2D eigenvalue weighted by Crippen LogP contribution is -2.30. The Balaban J connectivity index is 1.66. The zero-order chi connectivity index (χ0) is 21.3. The van der Waals surface area contributed by atoms with Crippen LogP contribution in [0, 0.1) is 0 Å². The van der Waals surface area contributed by atoms with E-state index < -0.39 is 0 Å². The number of allylic oxidation sites excluding steroid dienone is 1. The number of benzene rings is 2. The highest BCUT2D eigenvalue weighted by molar-refractivity contribution is 5.75. The molecule has 0 saturated heterocycles. The third-order valence-electron chi connectivity index (χ3n) is 5.97. The van der Waals surface area contributed by atoms with Crippen LogP contribution in [0.4, 0.5) is 0 Å². The minimum atomic E-state index is -0.359. The molecule has 5 rings (SSSR count). The first-order chi connectivity index (χ1) is 15.2.